The zero-order valence-electron chi connectivity index (χ0n) is 21.3. The number of nitrogens with one attached hydrogen (secondary N) is 3. The van der Waals surface area contributed by atoms with Crippen LogP contribution in [0.1, 0.15) is 46.6 Å². The lowest BCUT2D eigenvalue weighted by Crippen LogP contribution is -2.47. The molecule has 0 radical (unpaired) electrons. The molecule has 1 aliphatic heterocycles. The van der Waals surface area contributed by atoms with Gasteiger partial charge >= 0.3 is 5.97 Å². The molecule has 1 aromatic carbocycles. The molecule has 36 heavy (non-hydrogen) atoms. The molecule has 3 N–H and O–H groups in total. The molecule has 1 unspecified atom stereocenters. The number of hydrogen-bond acceptors (Lipinski definition) is 7. The first kappa shape index (κ1) is 30.0. The summed E-state index contributed by atoms with van der Waals surface area (Å²) in [5.41, 5.74) is 1.25. The Morgan fingerprint density at radius 2 is 1.47 bits per heavy atom. The molecule has 1 aromatic rings. The van der Waals surface area contributed by atoms with Crippen LogP contribution in [0.25, 0.3) is 0 Å². The van der Waals surface area contributed by atoms with E-state index in [2.05, 4.69) is 36.7 Å². The van der Waals surface area contributed by atoms with Crippen molar-refractivity contribution in [3.05, 3.63) is 42.0 Å². The number of hydrogen-bond donors (Lipinski definition) is 3. The van der Waals surface area contributed by atoms with Gasteiger partial charge < -0.3 is 20.7 Å². The number of rotatable bonds is 10. The number of nitrogens with zero attached hydrogens (tertiary/aromatic N) is 1. The maximum absolute atomic E-state index is 12.1. The van der Waals surface area contributed by atoms with E-state index >= 15 is 0 Å². The van der Waals surface area contributed by atoms with Gasteiger partial charge in [0.1, 0.15) is 12.6 Å². The average molecular weight is 503 g/mol. The minimum Gasteiger partial charge on any atom is -0.461 e. The molecule has 2 rings (SSSR count). The van der Waals surface area contributed by atoms with Crippen LogP contribution >= 0.6 is 0 Å². The first-order valence-corrected chi connectivity index (χ1v) is 11.5. The first-order chi connectivity index (χ1) is 16.9. The maximum Gasteiger partial charge on any atom is 0.302 e. The minimum atomic E-state index is -0.918. The van der Waals surface area contributed by atoms with Crippen molar-refractivity contribution in [2.45, 2.75) is 53.7 Å². The number of carbonyl (C=O) groups excluding carboxylic acids is 6. The topological polar surface area (TPSA) is 151 Å². The van der Waals surface area contributed by atoms with Crippen LogP contribution in [0.4, 0.5) is 5.69 Å². The van der Waals surface area contributed by atoms with E-state index in [1.807, 2.05) is 0 Å². The van der Waals surface area contributed by atoms with E-state index in [9.17, 15) is 28.8 Å². The lowest BCUT2D eigenvalue weighted by molar-refractivity contribution is -0.142. The van der Waals surface area contributed by atoms with Crippen LogP contribution in [-0.4, -0.2) is 59.5 Å². The van der Waals surface area contributed by atoms with E-state index in [-0.39, 0.29) is 26.1 Å². The summed E-state index contributed by atoms with van der Waals surface area (Å²) in [4.78, 5) is 70.7. The molecule has 0 saturated carbocycles. The second-order valence-electron chi connectivity index (χ2n) is 8.68. The van der Waals surface area contributed by atoms with Crippen molar-refractivity contribution in [2.75, 3.05) is 18.4 Å². The molecule has 0 bridgehead atoms. The van der Waals surface area contributed by atoms with Crippen LogP contribution in [0.2, 0.25) is 0 Å². The number of benzene rings is 1. The Morgan fingerprint density at radius 1 is 0.917 bits per heavy atom. The van der Waals surface area contributed by atoms with Gasteiger partial charge in [-0.1, -0.05) is 32.9 Å². The van der Waals surface area contributed by atoms with Crippen LogP contribution in [0, 0.1) is 5.92 Å². The van der Waals surface area contributed by atoms with Crippen LogP contribution in [0.3, 0.4) is 0 Å². The quantitative estimate of drug-likeness (QED) is 0.322. The van der Waals surface area contributed by atoms with Crippen LogP contribution in [0.5, 0.6) is 0 Å². The van der Waals surface area contributed by atoms with E-state index in [0.29, 0.717) is 5.69 Å². The predicted molar refractivity (Wildman–Crippen MR) is 132 cm³/mol. The fourth-order valence-corrected chi connectivity index (χ4v) is 2.64. The number of esters is 1. The summed E-state index contributed by atoms with van der Waals surface area (Å²) in [6.45, 7) is 8.99. The van der Waals surface area contributed by atoms with Gasteiger partial charge in [0.25, 0.3) is 11.8 Å². The number of carbonyl (C=O) groups is 6. The fraction of sp³-hybridized carbons (Fsp3) is 0.440. The Balaban J connectivity index is 0.00000150. The molecule has 0 spiro atoms. The van der Waals surface area contributed by atoms with E-state index in [0.717, 1.165) is 28.5 Å². The Labute approximate surface area is 210 Å². The van der Waals surface area contributed by atoms with Gasteiger partial charge in [0.05, 0.1) is 6.54 Å². The minimum absolute atomic E-state index is 0.0904. The van der Waals surface area contributed by atoms with Gasteiger partial charge in [-0.2, -0.15) is 0 Å². The third-order valence-electron chi connectivity index (χ3n) is 4.34. The van der Waals surface area contributed by atoms with Crippen molar-refractivity contribution >= 4 is 41.2 Å². The monoisotopic (exact) mass is 502 g/mol. The molecule has 11 heteroatoms. The van der Waals surface area contributed by atoms with E-state index in [4.69, 9.17) is 4.74 Å². The van der Waals surface area contributed by atoms with Gasteiger partial charge in [-0.3, -0.25) is 33.7 Å². The highest BCUT2D eigenvalue weighted by Crippen LogP contribution is 2.10. The molecule has 1 aliphatic rings. The molecular formula is C25H34N4O7. The van der Waals surface area contributed by atoms with Crippen LogP contribution in [-0.2, 0) is 40.1 Å². The summed E-state index contributed by atoms with van der Waals surface area (Å²) in [5, 5.41) is 7.46. The van der Waals surface area contributed by atoms with Crippen LogP contribution < -0.4 is 16.0 Å². The summed E-state index contributed by atoms with van der Waals surface area (Å²) in [7, 11) is 0. The third-order valence-corrected chi connectivity index (χ3v) is 4.34. The zero-order chi connectivity index (χ0) is 27.3. The third kappa shape index (κ3) is 11.9. The molecule has 11 nitrogen and oxygen atoms in total. The Bertz CT molecular complexity index is 966. The summed E-state index contributed by atoms with van der Waals surface area (Å²) in [5.74, 6) is -2.09. The molecule has 1 atom stereocenters. The predicted octanol–water partition coefficient (Wildman–Crippen LogP) is 1.29. The molecule has 0 aromatic heterocycles. The fourth-order valence-electron chi connectivity index (χ4n) is 2.64. The highest BCUT2D eigenvalue weighted by atomic mass is 16.5. The molecule has 0 fully saturated rings. The maximum atomic E-state index is 12.1. The second-order valence-corrected chi connectivity index (χ2v) is 8.68. The Hall–Kier alpha value is -4.02. The molecule has 0 aliphatic carbocycles. The summed E-state index contributed by atoms with van der Waals surface area (Å²) < 4.78 is 4.88. The molecule has 0 saturated heterocycles. The van der Waals surface area contributed by atoms with Crippen molar-refractivity contribution in [3.8, 4) is 0 Å². The van der Waals surface area contributed by atoms with Crippen molar-refractivity contribution in [1.82, 2.24) is 15.5 Å². The zero-order valence-corrected chi connectivity index (χ0v) is 21.3. The van der Waals surface area contributed by atoms with Crippen molar-refractivity contribution < 1.29 is 33.5 Å². The molecule has 1 heterocycles. The Morgan fingerprint density at radius 3 is 2.00 bits per heavy atom. The van der Waals surface area contributed by atoms with Gasteiger partial charge in [0, 0.05) is 37.7 Å². The second kappa shape index (κ2) is 15.1. The van der Waals surface area contributed by atoms with Gasteiger partial charge in [-0.15, -0.1) is 0 Å². The number of anilines is 1. The standard InChI is InChI=1S/C21H24N4O7.C4H10/c1-13(23-17(27)9-10-25-19(29)7-8-20(25)30)21(31)22-11-18(28)24-16-5-3-15(4-6-16)12-32-14(2)26;1-4(2)3/h3-8,13H,9-12H2,1-2H3,(H,22,31)(H,23,27)(H,24,28);4H,1-3H3. The average Bonchev–Trinajstić information content (AvgIpc) is 3.12. The number of ether oxygens (including phenoxy) is 1. The normalized spacial score (nSPS) is 13.0. The Kier molecular flexibility index (Phi) is 12.6. The summed E-state index contributed by atoms with van der Waals surface area (Å²) in [6.07, 6.45) is 2.10. The lowest BCUT2D eigenvalue weighted by atomic mass is 10.2. The molecular weight excluding hydrogens is 468 g/mol. The first-order valence-electron chi connectivity index (χ1n) is 11.5. The lowest BCUT2D eigenvalue weighted by Gasteiger charge is -2.16. The highest BCUT2D eigenvalue weighted by molar-refractivity contribution is 6.13. The number of imide groups is 1. The molecule has 196 valence electrons. The van der Waals surface area contributed by atoms with Crippen molar-refractivity contribution in [2.24, 2.45) is 5.92 Å². The smallest absolute Gasteiger partial charge is 0.302 e. The SMILES string of the molecule is CC(=O)OCc1ccc(NC(=O)CNC(=O)C(C)NC(=O)CCN2C(=O)C=CC2=O)cc1.CC(C)C. The van der Waals surface area contributed by atoms with Crippen molar-refractivity contribution in [1.29, 1.82) is 0 Å². The van der Waals surface area contributed by atoms with E-state index in [1.54, 1.807) is 24.3 Å². The van der Waals surface area contributed by atoms with E-state index < -0.39 is 41.5 Å². The van der Waals surface area contributed by atoms with Crippen molar-refractivity contribution in [3.63, 3.8) is 0 Å². The van der Waals surface area contributed by atoms with E-state index in [1.165, 1.54) is 13.8 Å². The van der Waals surface area contributed by atoms with Gasteiger partial charge in [-0.05, 0) is 30.5 Å². The largest absolute Gasteiger partial charge is 0.461 e. The van der Waals surface area contributed by atoms with Gasteiger partial charge in [0.2, 0.25) is 17.7 Å². The highest BCUT2D eigenvalue weighted by Gasteiger charge is 2.24. The summed E-state index contributed by atoms with van der Waals surface area (Å²) >= 11 is 0. The summed E-state index contributed by atoms with van der Waals surface area (Å²) in [6, 6.07) is 5.72. The molecule has 5 amide bonds. The number of amides is 5. The van der Waals surface area contributed by atoms with Gasteiger partial charge in [-0.25, -0.2) is 0 Å². The van der Waals surface area contributed by atoms with Crippen LogP contribution in [0.15, 0.2) is 36.4 Å². The van der Waals surface area contributed by atoms with Gasteiger partial charge in [0.15, 0.2) is 0 Å².